The van der Waals surface area contributed by atoms with Crippen LogP contribution in [-0.4, -0.2) is 24.6 Å². The number of primary amides is 1. The summed E-state index contributed by atoms with van der Waals surface area (Å²) in [5, 5.41) is -0.899. The summed E-state index contributed by atoms with van der Waals surface area (Å²) in [6, 6.07) is 7.52. The monoisotopic (exact) mass is 326 g/mol. The fourth-order valence-electron chi connectivity index (χ4n) is 2.00. The number of aromatic amines is 1. The van der Waals surface area contributed by atoms with E-state index in [4.69, 9.17) is 17.3 Å². The Labute approximate surface area is 125 Å². The fraction of sp³-hybridized carbons (Fsp3) is 0.0769. The molecule has 0 saturated carbocycles. The molecule has 21 heavy (non-hydrogen) atoms. The van der Waals surface area contributed by atoms with Crippen LogP contribution in [0, 0.1) is 6.92 Å². The zero-order chi connectivity index (χ0) is 15.8. The second kappa shape index (κ2) is 5.34. The first-order valence-electron chi connectivity index (χ1n) is 5.79. The summed E-state index contributed by atoms with van der Waals surface area (Å²) in [4.78, 5) is 24.8. The molecule has 8 heteroatoms. The molecule has 0 aliphatic heterocycles. The summed E-state index contributed by atoms with van der Waals surface area (Å²) < 4.78 is 25.3. The number of hydrogen-bond donors (Lipinski definition) is 2. The van der Waals surface area contributed by atoms with Crippen molar-refractivity contribution in [2.24, 2.45) is 5.73 Å². The zero-order valence-electron chi connectivity index (χ0n) is 10.9. The quantitative estimate of drug-likeness (QED) is 0.832. The van der Waals surface area contributed by atoms with Gasteiger partial charge in [0.25, 0.3) is 11.1 Å². The molecule has 2 rings (SSSR count). The Balaban J connectivity index is 2.80. The molecular weight excluding hydrogens is 316 g/mol. The maximum atomic E-state index is 12.6. The van der Waals surface area contributed by atoms with E-state index < -0.39 is 21.0 Å². The average Bonchev–Trinajstić information content (AvgIpc) is 2.78. The van der Waals surface area contributed by atoms with E-state index in [9.17, 15) is 18.0 Å². The molecule has 1 amide bonds. The van der Waals surface area contributed by atoms with Gasteiger partial charge in [-0.1, -0.05) is 18.2 Å². The highest BCUT2D eigenvalue weighted by molar-refractivity contribution is 7.91. The van der Waals surface area contributed by atoms with Crippen LogP contribution in [0.4, 0.5) is 0 Å². The van der Waals surface area contributed by atoms with Gasteiger partial charge in [-0.05, 0) is 36.2 Å². The molecule has 1 aromatic carbocycles. The van der Waals surface area contributed by atoms with Gasteiger partial charge in [-0.15, -0.1) is 0 Å². The molecule has 0 aliphatic rings. The summed E-state index contributed by atoms with van der Waals surface area (Å²) in [7, 11) is -4.00. The van der Waals surface area contributed by atoms with Crippen molar-refractivity contribution in [3.05, 3.63) is 47.3 Å². The average molecular weight is 327 g/mol. The van der Waals surface area contributed by atoms with Gasteiger partial charge in [0, 0.05) is 0 Å². The molecular formula is C13H11ClN2O4S. The lowest BCUT2D eigenvalue weighted by Crippen LogP contribution is -2.16. The number of aromatic nitrogens is 1. The van der Waals surface area contributed by atoms with E-state index in [0.717, 1.165) is 0 Å². The number of H-pyrrole nitrogens is 1. The smallest absolute Gasteiger partial charge is 0.268 e. The van der Waals surface area contributed by atoms with E-state index in [1.54, 1.807) is 18.2 Å². The van der Waals surface area contributed by atoms with Crippen LogP contribution in [0.2, 0.25) is 0 Å². The van der Waals surface area contributed by atoms with Gasteiger partial charge in [0.1, 0.15) is 16.3 Å². The summed E-state index contributed by atoms with van der Waals surface area (Å²) in [6.07, 6.45) is 0. The predicted octanol–water partition coefficient (Wildman–Crippen LogP) is 1.63. The van der Waals surface area contributed by atoms with Gasteiger partial charge in [0.05, 0.1) is 4.90 Å². The maximum Gasteiger partial charge on any atom is 0.268 e. The number of carbonyl (C=O) groups is 2. The van der Waals surface area contributed by atoms with Crippen molar-refractivity contribution in [1.29, 1.82) is 0 Å². The molecule has 110 valence electrons. The van der Waals surface area contributed by atoms with E-state index in [2.05, 4.69) is 4.98 Å². The van der Waals surface area contributed by atoms with Gasteiger partial charge in [-0.2, -0.15) is 0 Å². The predicted molar refractivity (Wildman–Crippen MR) is 76.1 cm³/mol. The normalized spacial score (nSPS) is 11.3. The minimum atomic E-state index is -4.00. The molecule has 6 nitrogen and oxygen atoms in total. The van der Waals surface area contributed by atoms with Gasteiger partial charge >= 0.3 is 0 Å². The molecule has 0 atom stereocenters. The molecule has 0 spiro atoms. The Kier molecular flexibility index (Phi) is 3.89. The number of nitrogens with one attached hydrogen (secondary N) is 1. The fourth-order valence-corrected chi connectivity index (χ4v) is 3.87. The van der Waals surface area contributed by atoms with Crippen molar-refractivity contribution in [1.82, 2.24) is 4.98 Å². The van der Waals surface area contributed by atoms with Crippen LogP contribution in [0.3, 0.4) is 0 Å². The van der Waals surface area contributed by atoms with Crippen LogP contribution in [0.1, 0.15) is 26.5 Å². The molecule has 0 radical (unpaired) electrons. The number of carbonyl (C=O) groups excluding carboxylic acids is 2. The van der Waals surface area contributed by atoms with Crippen molar-refractivity contribution in [2.45, 2.75) is 16.7 Å². The van der Waals surface area contributed by atoms with Gasteiger partial charge in [-0.3, -0.25) is 9.59 Å². The molecule has 0 fully saturated rings. The highest BCUT2D eigenvalue weighted by Gasteiger charge is 2.31. The Morgan fingerprint density at radius 2 is 1.71 bits per heavy atom. The highest BCUT2D eigenvalue weighted by Crippen LogP contribution is 2.29. The van der Waals surface area contributed by atoms with Crippen molar-refractivity contribution in [2.75, 3.05) is 0 Å². The molecule has 0 aliphatic carbocycles. The van der Waals surface area contributed by atoms with Crippen LogP contribution in [0.15, 0.2) is 40.1 Å². The molecule has 0 unspecified atom stereocenters. The lowest BCUT2D eigenvalue weighted by atomic mass is 10.2. The number of benzene rings is 1. The molecule has 1 heterocycles. The first-order chi connectivity index (χ1) is 9.76. The van der Waals surface area contributed by atoms with Crippen LogP contribution in [0.25, 0.3) is 0 Å². The second-order valence-corrected chi connectivity index (χ2v) is 6.51. The summed E-state index contributed by atoms with van der Waals surface area (Å²) in [5.41, 5.74) is 4.72. The van der Waals surface area contributed by atoms with Crippen molar-refractivity contribution >= 4 is 32.6 Å². The van der Waals surface area contributed by atoms with E-state index >= 15 is 0 Å². The molecule has 0 bridgehead atoms. The Morgan fingerprint density at radius 1 is 1.14 bits per heavy atom. The number of hydrogen-bond acceptors (Lipinski definition) is 4. The minimum absolute atomic E-state index is 0.0110. The van der Waals surface area contributed by atoms with Crippen LogP contribution in [0.5, 0.6) is 0 Å². The van der Waals surface area contributed by atoms with Gasteiger partial charge in [0.15, 0.2) is 0 Å². The van der Waals surface area contributed by atoms with Crippen LogP contribution in [-0.2, 0) is 9.84 Å². The van der Waals surface area contributed by atoms with E-state index in [1.165, 1.54) is 19.1 Å². The third-order valence-corrected chi connectivity index (χ3v) is 5.09. The first-order valence-corrected chi connectivity index (χ1v) is 7.65. The third-order valence-electron chi connectivity index (χ3n) is 2.96. The summed E-state index contributed by atoms with van der Waals surface area (Å²) in [6.45, 7) is 1.38. The van der Waals surface area contributed by atoms with E-state index in [0.29, 0.717) is 0 Å². The number of rotatable bonds is 4. The molecule has 2 aromatic rings. The topological polar surface area (TPSA) is 110 Å². The standard InChI is InChI=1S/C13H11ClN2O4S/c1-7-9(12(14)17)16-10(13(15)18)11(7)21(19,20)8-5-3-2-4-6-8/h2-6,16H,1H3,(H2,15,18). The Bertz CT molecular complexity index is 825. The molecule has 1 aromatic heterocycles. The minimum Gasteiger partial charge on any atom is -0.364 e. The van der Waals surface area contributed by atoms with Gasteiger partial charge in [-0.25, -0.2) is 8.42 Å². The van der Waals surface area contributed by atoms with Crippen LogP contribution >= 0.6 is 11.6 Å². The second-order valence-electron chi connectivity index (χ2n) is 4.28. The number of halogens is 1. The summed E-state index contributed by atoms with van der Waals surface area (Å²) in [5.74, 6) is -0.989. The van der Waals surface area contributed by atoms with Crippen molar-refractivity contribution in [3.63, 3.8) is 0 Å². The number of sulfone groups is 1. The van der Waals surface area contributed by atoms with E-state index in [-0.39, 0.29) is 26.7 Å². The number of amides is 1. The van der Waals surface area contributed by atoms with Gasteiger partial charge in [0.2, 0.25) is 9.84 Å². The maximum absolute atomic E-state index is 12.6. The number of nitrogens with two attached hydrogens (primary N) is 1. The van der Waals surface area contributed by atoms with E-state index in [1.807, 2.05) is 0 Å². The molecule has 3 N–H and O–H groups in total. The zero-order valence-corrected chi connectivity index (χ0v) is 12.5. The first kappa shape index (κ1) is 15.3. The highest BCUT2D eigenvalue weighted by atomic mass is 35.5. The van der Waals surface area contributed by atoms with Crippen LogP contribution < -0.4 is 5.73 Å². The Morgan fingerprint density at radius 3 is 2.19 bits per heavy atom. The summed E-state index contributed by atoms with van der Waals surface area (Å²) >= 11 is 5.38. The van der Waals surface area contributed by atoms with Gasteiger partial charge < -0.3 is 10.7 Å². The van der Waals surface area contributed by atoms with Crippen molar-refractivity contribution < 1.29 is 18.0 Å². The molecule has 0 saturated heterocycles. The lowest BCUT2D eigenvalue weighted by Gasteiger charge is -2.05. The lowest BCUT2D eigenvalue weighted by molar-refractivity contribution is 0.0993. The SMILES string of the molecule is Cc1c(C(=O)Cl)[nH]c(C(N)=O)c1S(=O)(=O)c1ccccc1. The third kappa shape index (κ3) is 2.57. The van der Waals surface area contributed by atoms with Crippen molar-refractivity contribution in [3.8, 4) is 0 Å². The Hall–Kier alpha value is -2.12. The largest absolute Gasteiger partial charge is 0.364 e.